The Bertz CT molecular complexity index is 1730. The van der Waals surface area contributed by atoms with Gasteiger partial charge in [0.1, 0.15) is 18.3 Å². The molecule has 65 heavy (non-hydrogen) atoms. The van der Waals surface area contributed by atoms with Gasteiger partial charge in [0.15, 0.2) is 0 Å². The first kappa shape index (κ1) is 52.5. The maximum Gasteiger partial charge on any atom is 0.454 e. The van der Waals surface area contributed by atoms with Gasteiger partial charge in [-0.2, -0.15) is 13.2 Å². The Morgan fingerprint density at radius 2 is 1.29 bits per heavy atom. The van der Waals surface area contributed by atoms with E-state index in [2.05, 4.69) is 39.5 Å². The molecular weight excluding hydrogens is 836 g/mol. The second kappa shape index (κ2) is 23.5. The molecule has 1 aromatic rings. The summed E-state index contributed by atoms with van der Waals surface area (Å²) in [6, 6.07) is 4.48. The number of hydrogen-bond donors (Lipinski definition) is 0. The van der Waals surface area contributed by atoms with Crippen molar-refractivity contribution in [3.8, 4) is 0 Å². The fraction of sp³-hybridized carbons (Fsp3) is 0.792. The van der Waals surface area contributed by atoms with Gasteiger partial charge >= 0.3 is 24.1 Å². The molecule has 0 radical (unpaired) electrons. The monoisotopic (exact) mass is 916 g/mol. The number of rotatable bonds is 23. The third-order valence-corrected chi connectivity index (χ3v) is 16.7. The van der Waals surface area contributed by atoms with E-state index in [1.807, 2.05) is 0 Å². The van der Waals surface area contributed by atoms with Gasteiger partial charge in [0.25, 0.3) is 5.78 Å². The molecule has 0 saturated heterocycles. The molecule has 5 rings (SSSR count). The summed E-state index contributed by atoms with van der Waals surface area (Å²) in [5, 5.41) is 0. The highest BCUT2D eigenvalue weighted by atomic mass is 19.4. The number of Topliss-reactive ketones (excluding diaryl/α,β-unsaturated/α-hetero) is 1. The van der Waals surface area contributed by atoms with Gasteiger partial charge in [0.05, 0.1) is 5.56 Å². The highest BCUT2D eigenvalue weighted by Crippen LogP contribution is 2.69. The molecule has 0 unspecified atom stereocenters. The number of amides is 1. The Labute approximate surface area is 387 Å². The highest BCUT2D eigenvalue weighted by Gasteiger charge is 2.68. The van der Waals surface area contributed by atoms with Crippen LogP contribution in [0.25, 0.3) is 0 Å². The van der Waals surface area contributed by atoms with Gasteiger partial charge < -0.3 is 19.1 Å². The van der Waals surface area contributed by atoms with E-state index in [0.717, 1.165) is 70.2 Å². The third kappa shape index (κ3) is 13.0. The molecule has 0 bridgehead atoms. The van der Waals surface area contributed by atoms with Gasteiger partial charge in [-0.15, -0.1) is 0 Å². The zero-order valence-electron chi connectivity index (χ0n) is 40.6. The number of alkyl halides is 3. The standard InChI is InChI=1S/C53H80F3NO8/c1-8-10-12-14-16-18-30-57(31-19-17-15-13-11-9-2)47(60)27-20-35(3)42-25-26-43-48-44(51(6)29-28-41(63-36(4)58)32-40(51)33-45(48)64-37(5)59)34-46(52(42,43)7)65-50(62)39-23-21-38(22-24-39)49(61)53(54,55)56/h21-24,35,40-46,48H,8-20,25-34H2,1-7H3/t35-,40+,41-,42-,43+,44+,45-,46+,48+,51+,52-/m1/s1. The number of nitrogens with zero attached hydrogens (tertiary/aromatic N) is 1. The van der Waals surface area contributed by atoms with Crippen molar-refractivity contribution in [2.45, 2.75) is 208 Å². The molecule has 366 valence electrons. The number of benzene rings is 1. The number of ketones is 1. The zero-order chi connectivity index (χ0) is 47.5. The van der Waals surface area contributed by atoms with Crippen LogP contribution in [-0.2, 0) is 28.6 Å². The van der Waals surface area contributed by atoms with Crippen LogP contribution in [-0.4, -0.2) is 72.1 Å². The molecule has 0 N–H and O–H groups in total. The van der Waals surface area contributed by atoms with Crippen molar-refractivity contribution in [3.63, 3.8) is 0 Å². The summed E-state index contributed by atoms with van der Waals surface area (Å²) < 4.78 is 58.4. The lowest BCUT2D eigenvalue weighted by atomic mass is 9.43. The van der Waals surface area contributed by atoms with E-state index >= 15 is 0 Å². The fourth-order valence-electron chi connectivity index (χ4n) is 13.3. The minimum Gasteiger partial charge on any atom is -0.463 e. The number of ether oxygens (including phenoxy) is 3. The molecule has 0 aromatic heterocycles. The molecular formula is C53H80F3NO8. The van der Waals surface area contributed by atoms with Crippen LogP contribution < -0.4 is 0 Å². The third-order valence-electron chi connectivity index (χ3n) is 16.7. The van der Waals surface area contributed by atoms with Crippen LogP contribution in [0.15, 0.2) is 24.3 Å². The quantitative estimate of drug-likeness (QED) is 0.0461. The number of carbonyl (C=O) groups is 5. The van der Waals surface area contributed by atoms with Gasteiger partial charge in [-0.05, 0) is 111 Å². The van der Waals surface area contributed by atoms with Crippen molar-refractivity contribution in [2.24, 2.45) is 46.3 Å². The molecule has 11 atom stereocenters. The zero-order valence-corrected chi connectivity index (χ0v) is 40.6. The molecule has 12 heteroatoms. The summed E-state index contributed by atoms with van der Waals surface area (Å²) in [5.74, 6) is -2.86. The van der Waals surface area contributed by atoms with E-state index in [9.17, 15) is 37.1 Å². The number of fused-ring (bicyclic) bond motifs is 5. The summed E-state index contributed by atoms with van der Waals surface area (Å²) in [7, 11) is 0. The van der Waals surface area contributed by atoms with Gasteiger partial charge in [0.2, 0.25) is 5.91 Å². The second-order valence-electron chi connectivity index (χ2n) is 20.9. The average molecular weight is 916 g/mol. The lowest BCUT2D eigenvalue weighted by Gasteiger charge is -2.64. The Kier molecular flexibility index (Phi) is 19.0. The largest absolute Gasteiger partial charge is 0.463 e. The molecule has 4 aliphatic carbocycles. The normalized spacial score (nSPS) is 30.0. The first-order chi connectivity index (χ1) is 30.8. The average Bonchev–Trinajstić information content (AvgIpc) is 3.62. The molecule has 4 aliphatic rings. The van der Waals surface area contributed by atoms with Crippen molar-refractivity contribution in [1.29, 1.82) is 0 Å². The summed E-state index contributed by atoms with van der Waals surface area (Å²) in [4.78, 5) is 67.3. The van der Waals surface area contributed by atoms with Crippen LogP contribution in [0.3, 0.4) is 0 Å². The predicted octanol–water partition coefficient (Wildman–Crippen LogP) is 12.7. The molecule has 4 fully saturated rings. The van der Waals surface area contributed by atoms with Crippen LogP contribution >= 0.6 is 0 Å². The minimum absolute atomic E-state index is 0.000302. The maximum atomic E-state index is 14.2. The van der Waals surface area contributed by atoms with E-state index in [-0.39, 0.29) is 76.5 Å². The van der Waals surface area contributed by atoms with Crippen molar-refractivity contribution >= 4 is 29.6 Å². The van der Waals surface area contributed by atoms with Crippen molar-refractivity contribution in [3.05, 3.63) is 35.4 Å². The Morgan fingerprint density at radius 3 is 1.86 bits per heavy atom. The predicted molar refractivity (Wildman–Crippen MR) is 245 cm³/mol. The van der Waals surface area contributed by atoms with Crippen LogP contribution in [0.2, 0.25) is 0 Å². The highest BCUT2D eigenvalue weighted by molar-refractivity contribution is 6.01. The Morgan fingerprint density at radius 1 is 0.723 bits per heavy atom. The van der Waals surface area contributed by atoms with Crippen molar-refractivity contribution < 1.29 is 51.4 Å². The number of unbranched alkanes of at least 4 members (excludes halogenated alkanes) is 10. The number of carbonyl (C=O) groups excluding carboxylic acids is 5. The van der Waals surface area contributed by atoms with Crippen molar-refractivity contribution in [2.75, 3.05) is 13.1 Å². The summed E-state index contributed by atoms with van der Waals surface area (Å²) in [6.45, 7) is 15.6. The molecule has 0 aliphatic heterocycles. The summed E-state index contributed by atoms with van der Waals surface area (Å²) in [6.07, 6.45) is 13.8. The maximum absolute atomic E-state index is 14.2. The number of esters is 3. The molecule has 4 saturated carbocycles. The summed E-state index contributed by atoms with van der Waals surface area (Å²) >= 11 is 0. The Hall–Kier alpha value is -3.44. The van der Waals surface area contributed by atoms with E-state index in [1.165, 1.54) is 77.3 Å². The topological polar surface area (TPSA) is 116 Å². The first-order valence-electron chi connectivity index (χ1n) is 25.4. The lowest BCUT2D eigenvalue weighted by molar-refractivity contribution is -0.218. The molecule has 9 nitrogen and oxygen atoms in total. The van der Waals surface area contributed by atoms with Crippen LogP contribution in [0, 0.1) is 46.3 Å². The van der Waals surface area contributed by atoms with Gasteiger partial charge in [-0.3, -0.25) is 19.2 Å². The second-order valence-corrected chi connectivity index (χ2v) is 20.9. The van der Waals surface area contributed by atoms with Crippen molar-refractivity contribution in [1.82, 2.24) is 4.90 Å². The molecule has 1 amide bonds. The molecule has 1 aromatic carbocycles. The minimum atomic E-state index is -5.04. The summed E-state index contributed by atoms with van der Waals surface area (Å²) in [5.41, 5.74) is -1.30. The van der Waals surface area contributed by atoms with E-state index < -0.39 is 35.0 Å². The SMILES string of the molecule is CCCCCCCCN(CCCCCCCC)C(=O)CC[C@@H](C)[C@H]1CC[C@H]2[C@@H]3[C@H](OC(C)=O)C[C@@H]4C[C@H](OC(C)=O)CC[C@]4(C)[C@H]3C[C@H](OC(=O)c3ccc(C(=O)C(F)(F)F)cc3)[C@]12C. The molecule has 0 heterocycles. The van der Waals surface area contributed by atoms with Gasteiger partial charge in [0, 0.05) is 50.3 Å². The van der Waals surface area contributed by atoms with E-state index in [0.29, 0.717) is 38.5 Å². The fourth-order valence-corrected chi connectivity index (χ4v) is 13.3. The van der Waals surface area contributed by atoms with E-state index in [1.54, 1.807) is 0 Å². The van der Waals surface area contributed by atoms with Crippen LogP contribution in [0.5, 0.6) is 0 Å². The first-order valence-corrected chi connectivity index (χ1v) is 25.4. The van der Waals surface area contributed by atoms with Crippen LogP contribution in [0.4, 0.5) is 13.2 Å². The smallest absolute Gasteiger partial charge is 0.454 e. The Balaban J connectivity index is 1.41. The van der Waals surface area contributed by atoms with Gasteiger partial charge in [-0.1, -0.05) is 111 Å². The molecule has 0 spiro atoms. The van der Waals surface area contributed by atoms with Crippen LogP contribution in [0.1, 0.15) is 204 Å². The number of halogens is 3. The lowest BCUT2D eigenvalue weighted by Crippen LogP contribution is -2.63. The van der Waals surface area contributed by atoms with Gasteiger partial charge in [-0.25, -0.2) is 4.79 Å². The van der Waals surface area contributed by atoms with E-state index in [4.69, 9.17) is 14.2 Å². The number of hydrogen-bond acceptors (Lipinski definition) is 8.